The fraction of sp³-hybridized carbons (Fsp3) is 0.292. The predicted molar refractivity (Wildman–Crippen MR) is 115 cm³/mol. The molecule has 1 heterocycles. The van der Waals surface area contributed by atoms with Gasteiger partial charge in [-0.05, 0) is 58.6 Å². The van der Waals surface area contributed by atoms with E-state index in [2.05, 4.69) is 13.8 Å². The van der Waals surface area contributed by atoms with Gasteiger partial charge >= 0.3 is 5.70 Å². The van der Waals surface area contributed by atoms with Crippen molar-refractivity contribution in [1.82, 2.24) is 0 Å². The van der Waals surface area contributed by atoms with E-state index in [0.29, 0.717) is 0 Å². The van der Waals surface area contributed by atoms with Crippen LogP contribution >= 0.6 is 0 Å². The lowest BCUT2D eigenvalue weighted by atomic mass is 9.98. The van der Waals surface area contributed by atoms with Crippen molar-refractivity contribution in [2.45, 2.75) is 13.8 Å². The van der Waals surface area contributed by atoms with Gasteiger partial charge in [-0.3, -0.25) is 0 Å². The molecule has 1 aliphatic heterocycles. The van der Waals surface area contributed by atoms with Crippen molar-refractivity contribution >= 4 is 17.3 Å². The molecule has 0 saturated heterocycles. The van der Waals surface area contributed by atoms with Gasteiger partial charge in [0.25, 0.3) is 0 Å². The number of hydrogen-bond acceptors (Lipinski definition) is 4. The number of fused-ring (bicyclic) bond motifs is 1. The molecule has 150 valence electrons. The predicted octanol–water partition coefficient (Wildman–Crippen LogP) is 3.84. The Morgan fingerprint density at radius 3 is 1.97 bits per heavy atom. The number of hydrazone groups is 1. The molecule has 2 atom stereocenters. The number of allylic oxidation sites excluding steroid dienone is 1. The first-order valence-electron chi connectivity index (χ1n) is 9.67. The van der Waals surface area contributed by atoms with E-state index in [1.807, 2.05) is 60.5 Å². The quantitative estimate of drug-likeness (QED) is 0.436. The van der Waals surface area contributed by atoms with Gasteiger partial charge in [0, 0.05) is 22.1 Å². The summed E-state index contributed by atoms with van der Waals surface area (Å²) in [5, 5.41) is 24.0. The zero-order valence-electron chi connectivity index (χ0n) is 17.4. The van der Waals surface area contributed by atoms with E-state index in [1.54, 1.807) is 14.2 Å². The van der Waals surface area contributed by atoms with Gasteiger partial charge in [0.2, 0.25) is 5.71 Å². The number of benzene rings is 2. The number of methoxy groups -OCH3 is 2. The molecule has 2 aromatic carbocycles. The minimum Gasteiger partial charge on any atom is -0.757 e. The summed E-state index contributed by atoms with van der Waals surface area (Å²) in [6, 6.07) is 17.4. The van der Waals surface area contributed by atoms with Crippen LogP contribution in [-0.4, -0.2) is 36.2 Å². The van der Waals surface area contributed by atoms with Gasteiger partial charge in [-0.2, -0.15) is 11.1 Å². The van der Waals surface area contributed by atoms with Gasteiger partial charge < -0.3 is 14.9 Å². The summed E-state index contributed by atoms with van der Waals surface area (Å²) in [7, 11) is 3.25. The highest BCUT2D eigenvalue weighted by Gasteiger charge is 2.68. The zero-order valence-corrected chi connectivity index (χ0v) is 17.4. The van der Waals surface area contributed by atoms with Crippen molar-refractivity contribution in [3.05, 3.63) is 70.8 Å². The number of nitriles is 1. The van der Waals surface area contributed by atoms with Crippen LogP contribution in [-0.2, 0) is 0 Å². The van der Waals surface area contributed by atoms with E-state index in [-0.39, 0.29) is 22.9 Å². The Kier molecular flexibility index (Phi) is 4.77. The molecule has 0 aromatic heterocycles. The lowest BCUT2D eigenvalue weighted by molar-refractivity contribution is -0.476. The lowest BCUT2D eigenvalue weighted by Crippen LogP contribution is -2.28. The maximum Gasteiger partial charge on any atom is 0.335 e. The summed E-state index contributed by atoms with van der Waals surface area (Å²) in [6.07, 6.45) is 0. The van der Waals surface area contributed by atoms with Crippen LogP contribution in [0.2, 0.25) is 0 Å². The van der Waals surface area contributed by atoms with Crippen LogP contribution in [0, 0.1) is 28.6 Å². The second-order valence-corrected chi connectivity index (χ2v) is 7.99. The van der Waals surface area contributed by atoms with Crippen molar-refractivity contribution in [1.29, 1.82) is 5.26 Å². The van der Waals surface area contributed by atoms with Crippen LogP contribution in [0.1, 0.15) is 25.0 Å². The van der Waals surface area contributed by atoms with Gasteiger partial charge in [0.05, 0.1) is 20.1 Å². The third kappa shape index (κ3) is 3.01. The summed E-state index contributed by atoms with van der Waals surface area (Å²) >= 11 is 0. The van der Waals surface area contributed by atoms with Crippen LogP contribution in [0.3, 0.4) is 0 Å². The number of ether oxygens (including phenoxy) is 2. The van der Waals surface area contributed by atoms with Crippen LogP contribution in [0.15, 0.2) is 59.3 Å². The van der Waals surface area contributed by atoms with Crippen molar-refractivity contribution in [3.8, 4) is 17.6 Å². The third-order valence-corrected chi connectivity index (χ3v) is 6.05. The molecule has 0 bridgehead atoms. The molecule has 30 heavy (non-hydrogen) atoms. The first-order chi connectivity index (χ1) is 14.5. The van der Waals surface area contributed by atoms with E-state index in [4.69, 9.17) is 14.6 Å². The molecule has 6 heteroatoms. The van der Waals surface area contributed by atoms with Crippen LogP contribution in [0.4, 0.5) is 0 Å². The molecule has 0 N–H and O–H groups in total. The highest BCUT2D eigenvalue weighted by molar-refractivity contribution is 6.13. The van der Waals surface area contributed by atoms with E-state index >= 15 is 0 Å². The highest BCUT2D eigenvalue weighted by atomic mass is 16.5. The first-order valence-corrected chi connectivity index (χ1v) is 9.67. The number of nitrogens with zero attached hydrogens (tertiary/aromatic N) is 4. The maximum atomic E-state index is 9.61. The summed E-state index contributed by atoms with van der Waals surface area (Å²) < 4.78 is 12.1. The summed E-state index contributed by atoms with van der Waals surface area (Å²) in [5.41, 5.74) is 3.55. The molecule has 1 aliphatic carbocycles. The Balaban J connectivity index is 1.93. The molecule has 6 nitrogen and oxygen atoms in total. The van der Waals surface area contributed by atoms with Gasteiger partial charge in [-0.1, -0.05) is 13.8 Å². The number of hydrogen-bond donors (Lipinski definition) is 0. The summed E-state index contributed by atoms with van der Waals surface area (Å²) in [4.78, 5) is 0. The SMILES string of the molecule is COc1ccc(C2=N[N+](C(=C=[N-])C#N)=C(c3ccc(OC)cc3)[C@H]3[C@@H]2C3(C)C)cc1. The Morgan fingerprint density at radius 1 is 0.967 bits per heavy atom. The van der Waals surface area contributed by atoms with Crippen LogP contribution in [0.25, 0.3) is 5.41 Å². The summed E-state index contributed by atoms with van der Waals surface area (Å²) in [6.45, 7) is 4.40. The smallest absolute Gasteiger partial charge is 0.335 e. The van der Waals surface area contributed by atoms with Crippen LogP contribution in [0.5, 0.6) is 11.5 Å². The molecule has 0 amide bonds. The monoisotopic (exact) mass is 398 g/mol. The molecule has 2 aliphatic rings. The third-order valence-electron chi connectivity index (χ3n) is 6.05. The molecule has 0 spiro atoms. The zero-order chi connectivity index (χ0) is 21.5. The largest absolute Gasteiger partial charge is 0.757 e. The number of rotatable bonds is 5. The maximum absolute atomic E-state index is 9.61. The van der Waals surface area contributed by atoms with Gasteiger partial charge in [0.1, 0.15) is 17.2 Å². The first kappa shape index (κ1) is 19.6. The highest BCUT2D eigenvalue weighted by Crippen LogP contribution is 2.62. The standard InChI is InChI=1S/C24H22N4O2/c1-24(2)20-21(24)23(16-7-11-19(30-4)12-8-16)28(17(13-25)14-26)27-22(20)15-5-9-18(29-3)10-6-15/h5-12,20-21H,1-4H3/t20-,21+/m0/s1. The van der Waals surface area contributed by atoms with E-state index in [0.717, 1.165) is 34.0 Å². The average Bonchev–Trinajstić information content (AvgIpc) is 3.36. The van der Waals surface area contributed by atoms with Crippen molar-refractivity contribution in [2.75, 3.05) is 14.2 Å². The topological polar surface area (TPSA) is 79.9 Å². The fourth-order valence-corrected chi connectivity index (χ4v) is 4.37. The molecule has 0 unspecified atom stereocenters. The molecule has 0 radical (unpaired) electrons. The van der Waals surface area contributed by atoms with E-state index in [9.17, 15) is 10.7 Å². The van der Waals surface area contributed by atoms with E-state index in [1.165, 1.54) is 4.68 Å². The molecule has 1 saturated carbocycles. The Labute approximate surface area is 175 Å². The summed E-state index contributed by atoms with van der Waals surface area (Å²) in [5.74, 6) is 3.86. The van der Waals surface area contributed by atoms with Gasteiger partial charge in [0.15, 0.2) is 6.07 Å². The van der Waals surface area contributed by atoms with Crippen molar-refractivity contribution in [3.63, 3.8) is 0 Å². The minimum atomic E-state index is -0.0568. The van der Waals surface area contributed by atoms with E-state index < -0.39 is 0 Å². The molecule has 4 rings (SSSR count). The molecule has 1 fully saturated rings. The lowest BCUT2D eigenvalue weighted by Gasteiger charge is -2.12. The minimum absolute atomic E-state index is 0.0482. The Bertz CT molecular complexity index is 1150. The fourth-order valence-electron chi connectivity index (χ4n) is 4.37. The normalized spacial score (nSPS) is 21.0. The van der Waals surface area contributed by atoms with Crippen molar-refractivity contribution in [2.24, 2.45) is 22.4 Å². The Morgan fingerprint density at radius 2 is 1.50 bits per heavy atom. The second-order valence-electron chi connectivity index (χ2n) is 7.99. The van der Waals surface area contributed by atoms with Crippen molar-refractivity contribution < 1.29 is 14.2 Å². The molecule has 2 aromatic rings. The molecular weight excluding hydrogens is 376 g/mol. The second kappa shape index (κ2) is 7.29. The van der Waals surface area contributed by atoms with Gasteiger partial charge in [-0.15, -0.1) is 0 Å². The average molecular weight is 398 g/mol. The van der Waals surface area contributed by atoms with Gasteiger partial charge in [-0.25, -0.2) is 0 Å². The Hall–Kier alpha value is -3.68. The molecular formula is C24H22N4O2. The van der Waals surface area contributed by atoms with Crippen LogP contribution < -0.4 is 9.47 Å².